The molecule has 5 nitrogen and oxygen atoms in total. The molecule has 0 radical (unpaired) electrons. The SMILES string of the molecule is CSc1cccc(NC(=O)c2ccc(NS(=O)(=O)c3ccc(Cl)cc3)c(C)c2)c1. The van der Waals surface area contributed by atoms with Crippen LogP contribution in [0.15, 0.2) is 76.5 Å². The molecule has 0 saturated carbocycles. The second kappa shape index (κ2) is 8.90. The highest BCUT2D eigenvalue weighted by atomic mass is 35.5. The summed E-state index contributed by atoms with van der Waals surface area (Å²) in [5.41, 5.74) is 2.17. The van der Waals surface area contributed by atoms with Crippen molar-refractivity contribution >= 4 is 50.7 Å². The van der Waals surface area contributed by atoms with Crippen LogP contribution in [0.5, 0.6) is 0 Å². The molecule has 0 spiro atoms. The molecule has 3 aromatic carbocycles. The van der Waals surface area contributed by atoms with Crippen LogP contribution in [0.4, 0.5) is 11.4 Å². The van der Waals surface area contributed by atoms with Crippen molar-refractivity contribution in [2.75, 3.05) is 16.3 Å². The van der Waals surface area contributed by atoms with Gasteiger partial charge in [0.05, 0.1) is 10.6 Å². The maximum atomic E-state index is 12.6. The first-order valence-corrected chi connectivity index (χ1v) is 11.7. The molecule has 0 saturated heterocycles. The van der Waals surface area contributed by atoms with E-state index in [1.54, 1.807) is 36.9 Å². The van der Waals surface area contributed by atoms with E-state index in [1.165, 1.54) is 24.3 Å². The van der Waals surface area contributed by atoms with Crippen LogP contribution in [0.25, 0.3) is 0 Å². The van der Waals surface area contributed by atoms with E-state index in [0.29, 0.717) is 27.5 Å². The highest BCUT2D eigenvalue weighted by Crippen LogP contribution is 2.23. The van der Waals surface area contributed by atoms with E-state index in [4.69, 9.17) is 11.6 Å². The van der Waals surface area contributed by atoms with Crippen LogP contribution in [0.1, 0.15) is 15.9 Å². The zero-order valence-electron chi connectivity index (χ0n) is 15.8. The minimum atomic E-state index is -3.75. The van der Waals surface area contributed by atoms with Crippen LogP contribution in [0.2, 0.25) is 5.02 Å². The smallest absolute Gasteiger partial charge is 0.261 e. The first-order valence-electron chi connectivity index (χ1n) is 8.63. The molecule has 150 valence electrons. The van der Waals surface area contributed by atoms with Gasteiger partial charge in [0.15, 0.2) is 0 Å². The van der Waals surface area contributed by atoms with Gasteiger partial charge in [0, 0.05) is 21.2 Å². The fourth-order valence-electron chi connectivity index (χ4n) is 2.64. The minimum absolute atomic E-state index is 0.108. The van der Waals surface area contributed by atoms with Gasteiger partial charge in [-0.3, -0.25) is 9.52 Å². The Kier molecular flexibility index (Phi) is 6.52. The second-order valence-electron chi connectivity index (χ2n) is 6.28. The van der Waals surface area contributed by atoms with Crippen LogP contribution in [-0.2, 0) is 10.0 Å². The van der Waals surface area contributed by atoms with E-state index in [2.05, 4.69) is 10.0 Å². The molecule has 29 heavy (non-hydrogen) atoms. The predicted octanol–water partition coefficient (Wildman–Crippen LogP) is 5.42. The summed E-state index contributed by atoms with van der Waals surface area (Å²) in [5.74, 6) is -0.265. The number of sulfonamides is 1. The zero-order valence-corrected chi connectivity index (χ0v) is 18.2. The second-order valence-corrected chi connectivity index (χ2v) is 9.27. The van der Waals surface area contributed by atoms with Gasteiger partial charge in [0.25, 0.3) is 15.9 Å². The maximum Gasteiger partial charge on any atom is 0.261 e. The fourth-order valence-corrected chi connectivity index (χ4v) is 4.36. The van der Waals surface area contributed by atoms with Crippen molar-refractivity contribution in [3.8, 4) is 0 Å². The van der Waals surface area contributed by atoms with Gasteiger partial charge >= 0.3 is 0 Å². The summed E-state index contributed by atoms with van der Waals surface area (Å²) >= 11 is 7.41. The lowest BCUT2D eigenvalue weighted by atomic mass is 10.1. The van der Waals surface area contributed by atoms with Crippen LogP contribution < -0.4 is 10.0 Å². The van der Waals surface area contributed by atoms with Gasteiger partial charge < -0.3 is 5.32 Å². The molecule has 0 heterocycles. The lowest BCUT2D eigenvalue weighted by Gasteiger charge is -2.12. The number of rotatable bonds is 6. The number of hydrogen-bond donors (Lipinski definition) is 2. The van der Waals surface area contributed by atoms with E-state index in [-0.39, 0.29) is 10.8 Å². The summed E-state index contributed by atoms with van der Waals surface area (Å²) in [4.78, 5) is 13.7. The van der Waals surface area contributed by atoms with Crippen molar-refractivity contribution in [3.05, 3.63) is 82.9 Å². The molecule has 8 heteroatoms. The predicted molar refractivity (Wildman–Crippen MR) is 120 cm³/mol. The average molecular weight is 447 g/mol. The summed E-state index contributed by atoms with van der Waals surface area (Å²) in [6, 6.07) is 18.3. The molecule has 0 fully saturated rings. The summed E-state index contributed by atoms with van der Waals surface area (Å²) in [5, 5.41) is 3.31. The van der Waals surface area contributed by atoms with Crippen molar-refractivity contribution in [1.82, 2.24) is 0 Å². The third kappa shape index (κ3) is 5.32. The Balaban J connectivity index is 1.77. The van der Waals surface area contributed by atoms with Gasteiger partial charge in [-0.2, -0.15) is 0 Å². The number of thioether (sulfide) groups is 1. The number of carbonyl (C=O) groups excluding carboxylic acids is 1. The molecular formula is C21H19ClN2O3S2. The third-order valence-corrected chi connectivity index (χ3v) is 6.54. The van der Waals surface area contributed by atoms with Crippen molar-refractivity contribution < 1.29 is 13.2 Å². The number of carbonyl (C=O) groups is 1. The Labute approximate surface area is 179 Å². The Morgan fingerprint density at radius 3 is 2.38 bits per heavy atom. The minimum Gasteiger partial charge on any atom is -0.322 e. The fraction of sp³-hybridized carbons (Fsp3) is 0.0952. The van der Waals surface area contributed by atoms with Gasteiger partial charge in [-0.1, -0.05) is 17.7 Å². The number of anilines is 2. The first kappa shape index (κ1) is 21.2. The molecule has 0 aliphatic rings. The van der Waals surface area contributed by atoms with Gasteiger partial charge in [-0.15, -0.1) is 11.8 Å². The van der Waals surface area contributed by atoms with Crippen molar-refractivity contribution in [1.29, 1.82) is 0 Å². The molecule has 0 aliphatic carbocycles. The molecular weight excluding hydrogens is 428 g/mol. The zero-order chi connectivity index (χ0) is 21.0. The topological polar surface area (TPSA) is 75.3 Å². The number of nitrogens with one attached hydrogen (secondary N) is 2. The molecule has 2 N–H and O–H groups in total. The summed E-state index contributed by atoms with van der Waals surface area (Å²) in [6.45, 7) is 1.74. The van der Waals surface area contributed by atoms with Gasteiger partial charge in [-0.05, 0) is 79.4 Å². The third-order valence-electron chi connectivity index (χ3n) is 4.18. The monoisotopic (exact) mass is 446 g/mol. The van der Waals surface area contributed by atoms with E-state index < -0.39 is 10.0 Å². The van der Waals surface area contributed by atoms with Crippen molar-refractivity contribution in [3.63, 3.8) is 0 Å². The molecule has 0 unspecified atom stereocenters. The molecule has 0 aliphatic heterocycles. The highest BCUT2D eigenvalue weighted by molar-refractivity contribution is 7.98. The van der Waals surface area contributed by atoms with Crippen LogP contribution >= 0.6 is 23.4 Å². The van der Waals surface area contributed by atoms with Crippen LogP contribution in [0, 0.1) is 6.92 Å². The average Bonchev–Trinajstić information content (AvgIpc) is 2.70. The van der Waals surface area contributed by atoms with Crippen LogP contribution in [-0.4, -0.2) is 20.6 Å². The summed E-state index contributed by atoms with van der Waals surface area (Å²) in [6.07, 6.45) is 1.97. The normalized spacial score (nSPS) is 11.1. The quantitative estimate of drug-likeness (QED) is 0.495. The van der Waals surface area contributed by atoms with Crippen LogP contribution in [0.3, 0.4) is 0 Å². The van der Waals surface area contributed by atoms with E-state index >= 15 is 0 Å². The number of hydrogen-bond acceptors (Lipinski definition) is 4. The van der Waals surface area contributed by atoms with Gasteiger partial charge in [-0.25, -0.2) is 8.42 Å². The number of benzene rings is 3. The van der Waals surface area contributed by atoms with Crippen molar-refractivity contribution in [2.45, 2.75) is 16.7 Å². The molecule has 0 atom stereocenters. The number of halogens is 1. The van der Waals surface area contributed by atoms with E-state index in [9.17, 15) is 13.2 Å². The van der Waals surface area contributed by atoms with Crippen molar-refractivity contribution in [2.24, 2.45) is 0 Å². The van der Waals surface area contributed by atoms with E-state index in [0.717, 1.165) is 4.90 Å². The van der Waals surface area contributed by atoms with E-state index in [1.807, 2.05) is 30.5 Å². The molecule has 1 amide bonds. The number of aryl methyl sites for hydroxylation is 1. The summed E-state index contributed by atoms with van der Waals surface area (Å²) in [7, 11) is -3.75. The summed E-state index contributed by atoms with van der Waals surface area (Å²) < 4.78 is 27.6. The highest BCUT2D eigenvalue weighted by Gasteiger charge is 2.16. The Hall–Kier alpha value is -2.48. The first-order chi connectivity index (χ1) is 13.8. The Bertz CT molecular complexity index is 1150. The van der Waals surface area contributed by atoms with Gasteiger partial charge in [0.2, 0.25) is 0 Å². The largest absolute Gasteiger partial charge is 0.322 e. The molecule has 0 bridgehead atoms. The lowest BCUT2D eigenvalue weighted by Crippen LogP contribution is -2.15. The molecule has 3 aromatic rings. The molecule has 0 aromatic heterocycles. The maximum absolute atomic E-state index is 12.6. The Morgan fingerprint density at radius 1 is 1.00 bits per heavy atom. The standard InChI is InChI=1S/C21H19ClN2O3S2/c1-14-12-15(21(25)23-17-4-3-5-18(13-17)28-2)6-11-20(14)24-29(26,27)19-9-7-16(22)8-10-19/h3-13,24H,1-2H3,(H,23,25). The lowest BCUT2D eigenvalue weighted by molar-refractivity contribution is 0.102. The van der Waals surface area contributed by atoms with Gasteiger partial charge in [0.1, 0.15) is 0 Å². The Morgan fingerprint density at radius 2 is 1.72 bits per heavy atom. The number of amides is 1. The molecule has 3 rings (SSSR count).